The van der Waals surface area contributed by atoms with Gasteiger partial charge in [0.25, 0.3) is 0 Å². The van der Waals surface area contributed by atoms with Gasteiger partial charge in [-0.25, -0.2) is 0 Å². The molecule has 3 N–H and O–H groups in total. The minimum absolute atomic E-state index is 0.129. The average Bonchev–Trinajstić information content (AvgIpc) is 2.70. The Bertz CT molecular complexity index is 210. The Kier molecular flexibility index (Phi) is 5.90. The molecule has 0 unspecified atom stereocenters. The van der Waals surface area contributed by atoms with E-state index < -0.39 is 0 Å². The second kappa shape index (κ2) is 6.72. The summed E-state index contributed by atoms with van der Waals surface area (Å²) in [6, 6.07) is 0. The molecule has 1 aliphatic rings. The SMILES string of the molecule is COCCC(C)(C)CNCCC1(N)CCCC1. The van der Waals surface area contributed by atoms with E-state index in [0.29, 0.717) is 5.41 Å². The standard InChI is InChI=1S/C14H30N2O/c1-13(2,9-11-17-3)12-16-10-8-14(15)6-4-5-7-14/h16H,4-12,15H2,1-3H3. The van der Waals surface area contributed by atoms with Crippen molar-refractivity contribution in [3.8, 4) is 0 Å². The first-order valence-corrected chi connectivity index (χ1v) is 6.96. The average molecular weight is 242 g/mol. The molecule has 0 spiro atoms. The molecule has 0 saturated heterocycles. The second-order valence-electron chi connectivity index (χ2n) is 6.40. The molecule has 0 radical (unpaired) electrons. The van der Waals surface area contributed by atoms with Crippen molar-refractivity contribution in [2.75, 3.05) is 26.8 Å². The van der Waals surface area contributed by atoms with Gasteiger partial charge in [-0.05, 0) is 37.6 Å². The lowest BCUT2D eigenvalue weighted by atomic mass is 9.89. The Morgan fingerprint density at radius 2 is 1.94 bits per heavy atom. The zero-order chi connectivity index (χ0) is 12.8. The number of nitrogens with two attached hydrogens (primary N) is 1. The van der Waals surface area contributed by atoms with Crippen molar-refractivity contribution < 1.29 is 4.74 Å². The molecular formula is C14H30N2O. The lowest BCUT2D eigenvalue weighted by Gasteiger charge is -2.27. The topological polar surface area (TPSA) is 47.3 Å². The third-order valence-corrected chi connectivity index (χ3v) is 3.99. The van der Waals surface area contributed by atoms with E-state index >= 15 is 0 Å². The Labute approximate surface area is 106 Å². The van der Waals surface area contributed by atoms with Crippen molar-refractivity contribution >= 4 is 0 Å². The van der Waals surface area contributed by atoms with Crippen molar-refractivity contribution in [1.82, 2.24) is 5.32 Å². The van der Waals surface area contributed by atoms with Crippen LogP contribution < -0.4 is 11.1 Å². The van der Waals surface area contributed by atoms with Crippen LogP contribution in [-0.4, -0.2) is 32.3 Å². The van der Waals surface area contributed by atoms with Gasteiger partial charge in [0, 0.05) is 25.8 Å². The van der Waals surface area contributed by atoms with Gasteiger partial charge in [0.05, 0.1) is 0 Å². The molecule has 0 heterocycles. The zero-order valence-electron chi connectivity index (χ0n) is 11.8. The summed E-state index contributed by atoms with van der Waals surface area (Å²) in [7, 11) is 1.77. The highest BCUT2D eigenvalue weighted by atomic mass is 16.5. The molecule has 3 heteroatoms. The van der Waals surface area contributed by atoms with Crippen LogP contribution in [0.5, 0.6) is 0 Å². The highest BCUT2D eigenvalue weighted by Crippen LogP contribution is 2.29. The number of rotatable bonds is 8. The van der Waals surface area contributed by atoms with Gasteiger partial charge in [0.15, 0.2) is 0 Å². The number of methoxy groups -OCH3 is 1. The van der Waals surface area contributed by atoms with Gasteiger partial charge in [-0.3, -0.25) is 0 Å². The molecule has 102 valence electrons. The number of hydrogen-bond acceptors (Lipinski definition) is 3. The van der Waals surface area contributed by atoms with Crippen molar-refractivity contribution in [2.24, 2.45) is 11.1 Å². The fourth-order valence-corrected chi connectivity index (χ4v) is 2.56. The monoisotopic (exact) mass is 242 g/mol. The summed E-state index contributed by atoms with van der Waals surface area (Å²) in [5.41, 5.74) is 6.77. The summed E-state index contributed by atoms with van der Waals surface area (Å²) in [6.45, 7) is 7.51. The third kappa shape index (κ3) is 5.84. The Hall–Kier alpha value is -0.120. The smallest absolute Gasteiger partial charge is 0.0467 e. The molecule has 17 heavy (non-hydrogen) atoms. The van der Waals surface area contributed by atoms with Crippen molar-refractivity contribution in [3.05, 3.63) is 0 Å². The van der Waals surface area contributed by atoms with Crippen LogP contribution in [0.1, 0.15) is 52.4 Å². The molecule has 0 aromatic heterocycles. The molecule has 1 aliphatic carbocycles. The van der Waals surface area contributed by atoms with Gasteiger partial charge >= 0.3 is 0 Å². The molecule has 0 aromatic rings. The molecule has 0 aliphatic heterocycles. The van der Waals surface area contributed by atoms with Crippen LogP contribution in [0.15, 0.2) is 0 Å². The molecule has 0 atom stereocenters. The van der Waals surface area contributed by atoms with Gasteiger partial charge in [0.1, 0.15) is 0 Å². The van der Waals surface area contributed by atoms with Crippen LogP contribution in [0.4, 0.5) is 0 Å². The van der Waals surface area contributed by atoms with E-state index in [2.05, 4.69) is 19.2 Å². The minimum Gasteiger partial charge on any atom is -0.385 e. The Morgan fingerprint density at radius 1 is 1.29 bits per heavy atom. The van der Waals surface area contributed by atoms with Crippen LogP contribution in [0, 0.1) is 5.41 Å². The molecule has 0 bridgehead atoms. The normalized spacial score (nSPS) is 19.8. The minimum atomic E-state index is 0.129. The quantitative estimate of drug-likeness (QED) is 0.642. The van der Waals surface area contributed by atoms with Gasteiger partial charge in [-0.1, -0.05) is 26.7 Å². The van der Waals surface area contributed by atoms with Gasteiger partial charge in [-0.15, -0.1) is 0 Å². The number of hydrogen-bond donors (Lipinski definition) is 2. The molecule has 3 nitrogen and oxygen atoms in total. The van der Waals surface area contributed by atoms with Crippen LogP contribution >= 0.6 is 0 Å². The first-order chi connectivity index (χ1) is 7.97. The van der Waals surface area contributed by atoms with E-state index in [-0.39, 0.29) is 5.54 Å². The maximum Gasteiger partial charge on any atom is 0.0467 e. The van der Waals surface area contributed by atoms with Crippen molar-refractivity contribution in [1.29, 1.82) is 0 Å². The molecular weight excluding hydrogens is 212 g/mol. The fraction of sp³-hybridized carbons (Fsp3) is 1.00. The lowest BCUT2D eigenvalue weighted by molar-refractivity contribution is 0.150. The van der Waals surface area contributed by atoms with Crippen LogP contribution in [-0.2, 0) is 4.74 Å². The summed E-state index contributed by atoms with van der Waals surface area (Å²) >= 11 is 0. The van der Waals surface area contributed by atoms with Crippen molar-refractivity contribution in [3.63, 3.8) is 0 Å². The predicted octanol–water partition coefficient (Wildman–Crippen LogP) is 2.30. The van der Waals surface area contributed by atoms with Gasteiger partial charge < -0.3 is 15.8 Å². The predicted molar refractivity (Wildman–Crippen MR) is 73.1 cm³/mol. The van der Waals surface area contributed by atoms with Crippen molar-refractivity contribution in [2.45, 2.75) is 57.9 Å². The maximum absolute atomic E-state index is 6.33. The van der Waals surface area contributed by atoms with Gasteiger partial charge in [-0.2, -0.15) is 0 Å². The molecule has 0 amide bonds. The van der Waals surface area contributed by atoms with E-state index in [1.807, 2.05) is 0 Å². The first-order valence-electron chi connectivity index (χ1n) is 6.96. The van der Waals surface area contributed by atoms with Crippen LogP contribution in [0.2, 0.25) is 0 Å². The summed E-state index contributed by atoms with van der Waals surface area (Å²) in [5.74, 6) is 0. The molecule has 1 fully saturated rings. The van der Waals surface area contributed by atoms with E-state index in [9.17, 15) is 0 Å². The summed E-state index contributed by atoms with van der Waals surface area (Å²) in [4.78, 5) is 0. The molecule has 1 rings (SSSR count). The van der Waals surface area contributed by atoms with E-state index in [1.165, 1.54) is 25.7 Å². The molecule has 0 aromatic carbocycles. The van der Waals surface area contributed by atoms with E-state index in [0.717, 1.165) is 32.5 Å². The Balaban J connectivity index is 2.10. The fourth-order valence-electron chi connectivity index (χ4n) is 2.56. The third-order valence-electron chi connectivity index (χ3n) is 3.99. The number of ether oxygens (including phenoxy) is 1. The summed E-state index contributed by atoms with van der Waals surface area (Å²) in [6.07, 6.45) is 7.27. The van der Waals surface area contributed by atoms with Gasteiger partial charge in [0.2, 0.25) is 0 Å². The second-order valence-corrected chi connectivity index (χ2v) is 6.40. The Morgan fingerprint density at radius 3 is 2.53 bits per heavy atom. The van der Waals surface area contributed by atoms with Crippen LogP contribution in [0.25, 0.3) is 0 Å². The summed E-state index contributed by atoms with van der Waals surface area (Å²) in [5, 5.41) is 3.55. The largest absolute Gasteiger partial charge is 0.385 e. The number of nitrogens with one attached hydrogen (secondary N) is 1. The van der Waals surface area contributed by atoms with Crippen LogP contribution in [0.3, 0.4) is 0 Å². The zero-order valence-corrected chi connectivity index (χ0v) is 11.8. The molecule has 1 saturated carbocycles. The first kappa shape index (κ1) is 14.9. The van der Waals surface area contributed by atoms with E-state index in [4.69, 9.17) is 10.5 Å². The summed E-state index contributed by atoms with van der Waals surface area (Å²) < 4.78 is 5.13. The highest BCUT2D eigenvalue weighted by molar-refractivity contribution is 4.89. The highest BCUT2D eigenvalue weighted by Gasteiger charge is 2.28. The lowest BCUT2D eigenvalue weighted by Crippen LogP contribution is -2.41. The maximum atomic E-state index is 6.33. The van der Waals surface area contributed by atoms with E-state index in [1.54, 1.807) is 7.11 Å².